The average Bonchev–Trinajstić information content (AvgIpc) is 2.81. The molecular weight excluding hydrogens is 250 g/mol. The van der Waals surface area contributed by atoms with Crippen molar-refractivity contribution >= 4 is 28.5 Å². The van der Waals surface area contributed by atoms with Gasteiger partial charge in [-0.2, -0.15) is 0 Å². The molecule has 0 N–H and O–H groups in total. The number of halogens is 1. The number of aromatic nitrogens is 1. The van der Waals surface area contributed by atoms with Crippen LogP contribution in [0.4, 0.5) is 0 Å². The van der Waals surface area contributed by atoms with Crippen molar-refractivity contribution in [2.24, 2.45) is 0 Å². The van der Waals surface area contributed by atoms with E-state index >= 15 is 0 Å². The lowest BCUT2D eigenvalue weighted by Crippen LogP contribution is -2.00. The Bertz CT molecular complexity index is 719. The van der Waals surface area contributed by atoms with Crippen molar-refractivity contribution in [3.63, 3.8) is 0 Å². The molecule has 88 valence electrons. The highest BCUT2D eigenvalue weighted by atomic mass is 35.5. The molecule has 0 aliphatic carbocycles. The number of nitrogens with zero attached hydrogens (tertiary/aromatic N) is 1. The van der Waals surface area contributed by atoms with E-state index in [2.05, 4.69) is 4.98 Å². The van der Waals surface area contributed by atoms with Crippen molar-refractivity contribution in [3.05, 3.63) is 65.0 Å². The smallest absolute Gasteiger partial charge is 0.269 e. The number of rotatable bonds is 2. The number of carbonyl (C=O) groups is 1. The Morgan fingerprint density at radius 3 is 2.67 bits per heavy atom. The van der Waals surface area contributed by atoms with Gasteiger partial charge >= 0.3 is 0 Å². The van der Waals surface area contributed by atoms with Crippen molar-refractivity contribution in [2.45, 2.75) is 0 Å². The first-order chi connectivity index (χ1) is 8.74. The number of oxazole rings is 1. The molecule has 0 amide bonds. The van der Waals surface area contributed by atoms with Crippen molar-refractivity contribution in [1.82, 2.24) is 4.98 Å². The van der Waals surface area contributed by atoms with Gasteiger partial charge in [-0.15, -0.1) is 0 Å². The van der Waals surface area contributed by atoms with Gasteiger partial charge in [0, 0.05) is 16.7 Å². The van der Waals surface area contributed by atoms with Crippen LogP contribution < -0.4 is 0 Å². The van der Waals surface area contributed by atoms with E-state index in [-0.39, 0.29) is 11.7 Å². The van der Waals surface area contributed by atoms with E-state index in [0.29, 0.717) is 21.7 Å². The van der Waals surface area contributed by atoms with E-state index in [0.717, 1.165) is 0 Å². The lowest BCUT2D eigenvalue weighted by atomic mass is 10.1. The van der Waals surface area contributed by atoms with Gasteiger partial charge in [0.1, 0.15) is 5.52 Å². The molecule has 0 aliphatic heterocycles. The van der Waals surface area contributed by atoms with Crippen LogP contribution in [-0.4, -0.2) is 10.8 Å². The molecule has 4 heteroatoms. The third-order valence-electron chi connectivity index (χ3n) is 2.58. The average molecular weight is 258 g/mol. The summed E-state index contributed by atoms with van der Waals surface area (Å²) in [5.41, 5.74) is 1.69. The molecule has 3 rings (SSSR count). The quantitative estimate of drug-likeness (QED) is 0.657. The largest absolute Gasteiger partial charge is 0.433 e. The van der Waals surface area contributed by atoms with Crippen LogP contribution in [0.15, 0.2) is 52.9 Å². The first-order valence-electron chi connectivity index (χ1n) is 5.40. The molecular formula is C14H8ClNO2. The molecule has 18 heavy (non-hydrogen) atoms. The standard InChI is InChI=1S/C14H8ClNO2/c15-10-6-7-11-12(8-10)18-14(16-11)13(17)9-4-2-1-3-5-9/h1-8H. The maximum atomic E-state index is 12.1. The molecule has 0 aliphatic rings. The molecule has 0 spiro atoms. The SMILES string of the molecule is O=C(c1ccccc1)c1nc2ccc(Cl)cc2o1. The Morgan fingerprint density at radius 1 is 1.11 bits per heavy atom. The Balaban J connectivity index is 2.07. The van der Waals surface area contributed by atoms with Gasteiger partial charge in [0.25, 0.3) is 5.89 Å². The van der Waals surface area contributed by atoms with E-state index in [9.17, 15) is 4.79 Å². The Kier molecular flexibility index (Phi) is 2.61. The van der Waals surface area contributed by atoms with Gasteiger partial charge in [0.05, 0.1) is 0 Å². The summed E-state index contributed by atoms with van der Waals surface area (Å²) >= 11 is 5.85. The zero-order valence-corrected chi connectivity index (χ0v) is 10.0. The van der Waals surface area contributed by atoms with Gasteiger partial charge in [-0.25, -0.2) is 4.98 Å². The first kappa shape index (κ1) is 11.0. The molecule has 0 saturated carbocycles. The Labute approximate surface area is 108 Å². The predicted molar refractivity (Wildman–Crippen MR) is 68.9 cm³/mol. The van der Waals surface area contributed by atoms with Crippen molar-refractivity contribution in [1.29, 1.82) is 0 Å². The lowest BCUT2D eigenvalue weighted by molar-refractivity contribution is 0.100. The van der Waals surface area contributed by atoms with Gasteiger partial charge in [-0.3, -0.25) is 4.79 Å². The van der Waals surface area contributed by atoms with Gasteiger partial charge in [0.2, 0.25) is 5.78 Å². The molecule has 0 fully saturated rings. The van der Waals surface area contributed by atoms with Crippen molar-refractivity contribution < 1.29 is 9.21 Å². The minimum absolute atomic E-state index is 0.0819. The predicted octanol–water partition coefficient (Wildman–Crippen LogP) is 3.71. The van der Waals surface area contributed by atoms with Crippen LogP contribution in [0.2, 0.25) is 5.02 Å². The molecule has 2 aromatic carbocycles. The number of benzene rings is 2. The summed E-state index contributed by atoms with van der Waals surface area (Å²) in [5, 5.41) is 0.553. The number of fused-ring (bicyclic) bond motifs is 1. The summed E-state index contributed by atoms with van der Waals surface area (Å²) < 4.78 is 5.42. The fraction of sp³-hybridized carbons (Fsp3) is 0. The van der Waals surface area contributed by atoms with Gasteiger partial charge in [0.15, 0.2) is 5.58 Å². The van der Waals surface area contributed by atoms with Crippen LogP contribution in [-0.2, 0) is 0 Å². The van der Waals surface area contributed by atoms with Gasteiger partial charge < -0.3 is 4.42 Å². The molecule has 0 unspecified atom stereocenters. The van der Waals surface area contributed by atoms with Crippen LogP contribution in [0.5, 0.6) is 0 Å². The monoisotopic (exact) mass is 257 g/mol. The van der Waals surface area contributed by atoms with Gasteiger partial charge in [-0.1, -0.05) is 41.9 Å². The van der Waals surface area contributed by atoms with E-state index in [1.807, 2.05) is 6.07 Å². The molecule has 0 atom stereocenters. The summed E-state index contributed by atoms with van der Waals surface area (Å²) in [5.74, 6) is -0.151. The summed E-state index contributed by atoms with van der Waals surface area (Å²) in [6.07, 6.45) is 0. The van der Waals surface area contributed by atoms with E-state index in [4.69, 9.17) is 16.0 Å². The summed E-state index contributed by atoms with van der Waals surface area (Å²) in [6.45, 7) is 0. The summed E-state index contributed by atoms with van der Waals surface area (Å²) in [4.78, 5) is 16.3. The van der Waals surface area contributed by atoms with Crippen LogP contribution >= 0.6 is 11.6 Å². The van der Waals surface area contributed by atoms with E-state index in [1.54, 1.807) is 42.5 Å². The molecule has 3 nitrogen and oxygen atoms in total. The van der Waals surface area contributed by atoms with Crippen LogP contribution in [0, 0.1) is 0 Å². The second-order valence-corrected chi connectivity index (χ2v) is 4.26. The van der Waals surface area contributed by atoms with Crippen molar-refractivity contribution in [3.8, 4) is 0 Å². The third-order valence-corrected chi connectivity index (χ3v) is 2.82. The molecule has 3 aromatic rings. The second-order valence-electron chi connectivity index (χ2n) is 3.83. The first-order valence-corrected chi connectivity index (χ1v) is 5.78. The number of hydrogen-bond acceptors (Lipinski definition) is 3. The van der Waals surface area contributed by atoms with Crippen molar-refractivity contribution in [2.75, 3.05) is 0 Å². The van der Waals surface area contributed by atoms with E-state index < -0.39 is 0 Å². The van der Waals surface area contributed by atoms with Crippen LogP contribution in [0.25, 0.3) is 11.1 Å². The van der Waals surface area contributed by atoms with Crippen LogP contribution in [0.1, 0.15) is 16.2 Å². The second kappa shape index (κ2) is 4.27. The summed E-state index contributed by atoms with van der Waals surface area (Å²) in [7, 11) is 0. The fourth-order valence-electron chi connectivity index (χ4n) is 1.71. The molecule has 0 saturated heterocycles. The zero-order chi connectivity index (χ0) is 12.5. The minimum Gasteiger partial charge on any atom is -0.433 e. The fourth-order valence-corrected chi connectivity index (χ4v) is 1.87. The van der Waals surface area contributed by atoms with E-state index in [1.165, 1.54) is 0 Å². The van der Waals surface area contributed by atoms with Crippen LogP contribution in [0.3, 0.4) is 0 Å². The zero-order valence-electron chi connectivity index (χ0n) is 9.26. The number of carbonyl (C=O) groups excluding carboxylic acids is 1. The minimum atomic E-state index is -0.233. The molecule has 1 aromatic heterocycles. The molecule has 1 heterocycles. The van der Waals surface area contributed by atoms with Gasteiger partial charge in [-0.05, 0) is 12.1 Å². The Hall–Kier alpha value is -2.13. The number of ketones is 1. The maximum absolute atomic E-state index is 12.1. The highest BCUT2D eigenvalue weighted by Crippen LogP contribution is 2.21. The molecule has 0 bridgehead atoms. The Morgan fingerprint density at radius 2 is 1.89 bits per heavy atom. The third kappa shape index (κ3) is 1.89. The lowest BCUT2D eigenvalue weighted by Gasteiger charge is -1.94. The molecule has 0 radical (unpaired) electrons. The highest BCUT2D eigenvalue weighted by Gasteiger charge is 2.16. The topological polar surface area (TPSA) is 43.1 Å². The maximum Gasteiger partial charge on any atom is 0.269 e. The number of hydrogen-bond donors (Lipinski definition) is 0. The summed E-state index contributed by atoms with van der Waals surface area (Å²) in [6, 6.07) is 14.0. The highest BCUT2D eigenvalue weighted by molar-refractivity contribution is 6.31. The normalized spacial score (nSPS) is 10.7.